The average molecular weight is 536 g/mol. The van der Waals surface area contributed by atoms with Crippen LogP contribution in [0, 0.1) is 5.41 Å². The Labute approximate surface area is 208 Å². The maximum absolute atomic E-state index is 13.9. The van der Waals surface area contributed by atoms with Crippen LogP contribution in [0.25, 0.3) is 11.3 Å². The minimum atomic E-state index is -3.84. The van der Waals surface area contributed by atoms with Crippen molar-refractivity contribution in [2.24, 2.45) is 5.41 Å². The molecule has 0 aliphatic carbocycles. The summed E-state index contributed by atoms with van der Waals surface area (Å²) in [6.07, 6.45) is 3.35. The lowest BCUT2D eigenvalue weighted by Crippen LogP contribution is -2.52. The van der Waals surface area contributed by atoms with E-state index in [4.69, 9.17) is 4.52 Å². The van der Waals surface area contributed by atoms with Crippen molar-refractivity contribution in [1.82, 2.24) is 14.3 Å². The van der Waals surface area contributed by atoms with E-state index in [1.54, 1.807) is 29.8 Å². The monoisotopic (exact) mass is 535 g/mol. The summed E-state index contributed by atoms with van der Waals surface area (Å²) in [5, 5.41) is 5.78. The third-order valence-electron chi connectivity index (χ3n) is 5.67. The third kappa shape index (κ3) is 5.07. The minimum absolute atomic E-state index is 0.0219. The molecule has 36 heavy (non-hydrogen) atoms. The first-order valence-corrected chi connectivity index (χ1v) is 14.9. The number of anilines is 2. The van der Waals surface area contributed by atoms with E-state index in [0.29, 0.717) is 24.2 Å². The molecule has 0 fully saturated rings. The van der Waals surface area contributed by atoms with E-state index in [2.05, 4.69) is 35.9 Å². The Hall–Kier alpha value is -3.08. The molecule has 1 aliphatic heterocycles. The van der Waals surface area contributed by atoms with Gasteiger partial charge in [0.05, 0.1) is 23.9 Å². The van der Waals surface area contributed by atoms with Gasteiger partial charge in [0.15, 0.2) is 0 Å². The van der Waals surface area contributed by atoms with Crippen LogP contribution in [0.2, 0.25) is 0 Å². The molecule has 0 bridgehead atoms. The first-order valence-electron chi connectivity index (χ1n) is 11.4. The summed E-state index contributed by atoms with van der Waals surface area (Å²) < 4.78 is 48.3. The van der Waals surface area contributed by atoms with E-state index in [9.17, 15) is 22.6 Å². The fourth-order valence-corrected chi connectivity index (χ4v) is 6.48. The lowest BCUT2D eigenvalue weighted by Gasteiger charge is -2.30. The Morgan fingerprint density at radius 1 is 1.17 bits per heavy atom. The smallest absolute Gasteiger partial charge is 0.327 e. The second kappa shape index (κ2) is 9.10. The maximum Gasteiger partial charge on any atom is 0.327 e. The van der Waals surface area contributed by atoms with Crippen LogP contribution in [0.1, 0.15) is 34.1 Å². The summed E-state index contributed by atoms with van der Waals surface area (Å²) in [7, 11) is -7.41. The predicted octanol–water partition coefficient (Wildman–Crippen LogP) is 1.62. The van der Waals surface area contributed by atoms with Crippen LogP contribution in [0.3, 0.4) is 0 Å². The highest BCUT2D eigenvalue weighted by atomic mass is 32.2. The van der Waals surface area contributed by atoms with Gasteiger partial charge in [0.25, 0.3) is 5.56 Å². The molecule has 194 valence electrons. The van der Waals surface area contributed by atoms with Crippen LogP contribution in [0.4, 0.5) is 11.4 Å². The quantitative estimate of drug-likeness (QED) is 0.405. The molecule has 3 heterocycles. The SMILES string of the molecule is CCOP1(=O)N/C(=c2\c(=O)c3cccn3n(CCC(C)(C)C)c2=O)Nc2ccc(NS(C)(=O)=O)cc21. The maximum atomic E-state index is 13.9. The molecule has 4 rings (SSSR count). The van der Waals surface area contributed by atoms with Crippen molar-refractivity contribution < 1.29 is 17.5 Å². The standard InChI is InChI=1S/C23H30N5O6PS/c1-6-34-35(31)18-14-15(26-36(5,32)33)9-10-16(18)24-21(25-35)19-20(29)17-8-7-12-27(17)28(22(19)30)13-11-23(2,3)4/h7-10,12,14,24,26H,6,11,13H2,1-5H3,(H,25,31)/b21-19+. The number of hydrogen-bond donors (Lipinski definition) is 3. The summed E-state index contributed by atoms with van der Waals surface area (Å²) in [5.41, 5.74) is -0.273. The molecule has 0 spiro atoms. The lowest BCUT2D eigenvalue weighted by atomic mass is 9.92. The fraction of sp³-hybridized carbons (Fsp3) is 0.391. The normalized spacial score (nSPS) is 19.5. The van der Waals surface area contributed by atoms with Crippen LogP contribution in [-0.2, 0) is 25.7 Å². The zero-order chi connectivity index (χ0) is 26.5. The number of aryl methyl sites for hydroxylation is 1. The number of nitrogens with one attached hydrogen (secondary N) is 3. The Bertz CT molecular complexity index is 1670. The molecule has 0 radical (unpaired) electrons. The van der Waals surface area contributed by atoms with Gasteiger partial charge in [-0.2, -0.15) is 0 Å². The van der Waals surface area contributed by atoms with E-state index in [1.807, 2.05) is 0 Å². The van der Waals surface area contributed by atoms with Gasteiger partial charge >= 0.3 is 7.52 Å². The van der Waals surface area contributed by atoms with Crippen molar-refractivity contribution in [2.45, 2.75) is 40.7 Å². The number of benzene rings is 1. The summed E-state index contributed by atoms with van der Waals surface area (Å²) >= 11 is 0. The summed E-state index contributed by atoms with van der Waals surface area (Å²) in [4.78, 5) is 27.1. The van der Waals surface area contributed by atoms with E-state index in [0.717, 1.165) is 6.26 Å². The molecular weight excluding hydrogens is 505 g/mol. The van der Waals surface area contributed by atoms with Gasteiger partial charge in [-0.15, -0.1) is 0 Å². The van der Waals surface area contributed by atoms with Crippen molar-refractivity contribution >= 4 is 45.6 Å². The van der Waals surface area contributed by atoms with Crippen molar-refractivity contribution in [3.63, 3.8) is 0 Å². The van der Waals surface area contributed by atoms with Crippen LogP contribution >= 0.6 is 7.52 Å². The molecule has 1 aliphatic rings. The summed E-state index contributed by atoms with van der Waals surface area (Å²) in [6.45, 7) is 8.29. The van der Waals surface area contributed by atoms with Crippen LogP contribution in [0.15, 0.2) is 46.1 Å². The number of aromatic nitrogens is 2. The predicted molar refractivity (Wildman–Crippen MR) is 141 cm³/mol. The minimum Gasteiger partial charge on any atom is -0.340 e. The van der Waals surface area contributed by atoms with Crippen molar-refractivity contribution in [3.05, 3.63) is 62.3 Å². The van der Waals surface area contributed by atoms with Crippen LogP contribution in [-0.4, -0.2) is 30.5 Å². The Kier molecular flexibility index (Phi) is 6.57. The number of hydrogen-bond acceptors (Lipinski definition) is 7. The molecule has 1 atom stereocenters. The number of rotatable bonds is 6. The zero-order valence-electron chi connectivity index (χ0n) is 20.8. The Balaban J connectivity index is 1.96. The van der Waals surface area contributed by atoms with Gasteiger partial charge in [0.1, 0.15) is 16.6 Å². The van der Waals surface area contributed by atoms with Gasteiger partial charge in [-0.25, -0.2) is 13.1 Å². The van der Waals surface area contributed by atoms with E-state index in [-0.39, 0.29) is 34.1 Å². The van der Waals surface area contributed by atoms with Crippen molar-refractivity contribution in [1.29, 1.82) is 0 Å². The zero-order valence-corrected chi connectivity index (χ0v) is 22.5. The van der Waals surface area contributed by atoms with Gasteiger partial charge in [-0.1, -0.05) is 20.8 Å². The van der Waals surface area contributed by atoms with Crippen LogP contribution < -0.4 is 36.6 Å². The second-order valence-corrected chi connectivity index (χ2v) is 13.7. The number of fused-ring (bicyclic) bond motifs is 2. The molecule has 1 unspecified atom stereocenters. The van der Waals surface area contributed by atoms with Gasteiger partial charge in [0.2, 0.25) is 15.5 Å². The molecule has 13 heteroatoms. The molecule has 1 aromatic carbocycles. The molecular formula is C23H30N5O6PS. The van der Waals surface area contributed by atoms with Crippen LogP contribution in [0.5, 0.6) is 0 Å². The molecule has 3 aromatic rings. The summed E-state index contributed by atoms with van der Waals surface area (Å²) in [6, 6.07) is 7.73. The van der Waals surface area contributed by atoms with E-state index >= 15 is 0 Å². The van der Waals surface area contributed by atoms with E-state index < -0.39 is 28.5 Å². The molecule has 0 saturated carbocycles. The first-order chi connectivity index (χ1) is 16.7. The third-order valence-corrected chi connectivity index (χ3v) is 8.42. The highest BCUT2D eigenvalue weighted by molar-refractivity contribution is 7.92. The molecule has 3 N–H and O–H groups in total. The van der Waals surface area contributed by atoms with Gasteiger partial charge in [-0.3, -0.25) is 28.5 Å². The number of sulfonamides is 1. The molecule has 11 nitrogen and oxygen atoms in total. The van der Waals surface area contributed by atoms with Gasteiger partial charge < -0.3 is 9.84 Å². The van der Waals surface area contributed by atoms with Crippen molar-refractivity contribution in [2.75, 3.05) is 22.9 Å². The topological polar surface area (TPSA) is 140 Å². The molecule has 2 aromatic heterocycles. The average Bonchev–Trinajstić information content (AvgIpc) is 3.22. The second-order valence-electron chi connectivity index (χ2n) is 9.87. The highest BCUT2D eigenvalue weighted by Crippen LogP contribution is 2.47. The lowest BCUT2D eigenvalue weighted by molar-refractivity contribution is 0.331. The Morgan fingerprint density at radius 2 is 1.89 bits per heavy atom. The van der Waals surface area contributed by atoms with Gasteiger partial charge in [-0.05, 0) is 49.1 Å². The molecule has 0 amide bonds. The van der Waals surface area contributed by atoms with E-state index in [1.165, 1.54) is 22.9 Å². The first kappa shape index (κ1) is 26.0. The Morgan fingerprint density at radius 3 is 2.53 bits per heavy atom. The highest BCUT2D eigenvalue weighted by Gasteiger charge is 2.35. The van der Waals surface area contributed by atoms with Gasteiger partial charge in [0, 0.05) is 18.4 Å². The van der Waals surface area contributed by atoms with Crippen molar-refractivity contribution in [3.8, 4) is 0 Å². The fourth-order valence-electron chi connectivity index (χ4n) is 4.02. The largest absolute Gasteiger partial charge is 0.340 e. The molecule has 0 saturated heterocycles. The summed E-state index contributed by atoms with van der Waals surface area (Å²) in [5.74, 6) is -0.0219. The number of nitrogens with zero attached hydrogens (tertiary/aromatic N) is 2.